The molecule has 0 unspecified atom stereocenters. The molecular formula is C23H14Br2IN3O4. The van der Waals surface area contributed by atoms with Gasteiger partial charge in [0.15, 0.2) is 12.4 Å². The summed E-state index contributed by atoms with van der Waals surface area (Å²) in [6.07, 6.45) is 1.36. The van der Waals surface area contributed by atoms with Gasteiger partial charge < -0.3 is 9.47 Å². The first-order chi connectivity index (χ1) is 15.9. The number of hydrazone groups is 1. The molecule has 3 rings (SSSR count). The van der Waals surface area contributed by atoms with Crippen molar-refractivity contribution in [3.05, 3.63) is 89.9 Å². The van der Waals surface area contributed by atoms with Crippen LogP contribution in [-0.4, -0.2) is 24.7 Å². The second-order valence-corrected chi connectivity index (χ2v) is 9.30. The molecule has 3 aromatic rings. The van der Waals surface area contributed by atoms with Crippen molar-refractivity contribution < 1.29 is 19.1 Å². The molecule has 0 aromatic heterocycles. The molecule has 10 heteroatoms. The Bertz CT molecular complexity index is 1270. The number of hydrogen-bond donors (Lipinski definition) is 1. The molecule has 166 valence electrons. The third-order valence-corrected chi connectivity index (χ3v) is 6.07. The Labute approximate surface area is 220 Å². The first-order valence-corrected chi connectivity index (χ1v) is 11.9. The molecule has 0 saturated carbocycles. The highest BCUT2D eigenvalue weighted by Gasteiger charge is 2.17. The number of rotatable bonds is 7. The number of carbonyl (C=O) groups excluding carboxylic acids is 2. The first kappa shape index (κ1) is 24.9. The molecule has 0 radical (unpaired) electrons. The van der Waals surface area contributed by atoms with Crippen LogP contribution in [0, 0.1) is 14.9 Å². The van der Waals surface area contributed by atoms with Crippen LogP contribution in [0.2, 0.25) is 0 Å². The van der Waals surface area contributed by atoms with Crippen molar-refractivity contribution in [3.8, 4) is 17.6 Å². The molecule has 0 aliphatic carbocycles. The molecule has 1 amide bonds. The summed E-state index contributed by atoms with van der Waals surface area (Å²) in [5, 5.41) is 13.0. The second kappa shape index (κ2) is 11.9. The van der Waals surface area contributed by atoms with Gasteiger partial charge in [-0.3, -0.25) is 4.79 Å². The normalized spacial score (nSPS) is 10.5. The van der Waals surface area contributed by atoms with Crippen LogP contribution in [0.15, 0.2) is 74.7 Å². The minimum atomic E-state index is -0.523. The Hall–Kier alpha value is -2.75. The minimum Gasteiger partial charge on any atom is -0.482 e. The van der Waals surface area contributed by atoms with Crippen LogP contribution in [0.25, 0.3) is 0 Å². The summed E-state index contributed by atoms with van der Waals surface area (Å²) in [5.74, 6) is -0.489. The van der Waals surface area contributed by atoms with E-state index in [0.29, 0.717) is 31.4 Å². The zero-order chi connectivity index (χ0) is 23.8. The largest absolute Gasteiger partial charge is 0.482 e. The fourth-order valence-electron chi connectivity index (χ4n) is 2.59. The lowest BCUT2D eigenvalue weighted by Crippen LogP contribution is -2.24. The van der Waals surface area contributed by atoms with Crippen LogP contribution < -0.4 is 14.9 Å². The van der Waals surface area contributed by atoms with E-state index in [0.717, 1.165) is 3.57 Å². The van der Waals surface area contributed by atoms with E-state index in [1.165, 1.54) is 6.21 Å². The van der Waals surface area contributed by atoms with Gasteiger partial charge in [-0.15, -0.1) is 0 Å². The maximum absolute atomic E-state index is 12.7. The minimum absolute atomic E-state index is 0.250. The van der Waals surface area contributed by atoms with Gasteiger partial charge in [0.25, 0.3) is 5.91 Å². The van der Waals surface area contributed by atoms with Gasteiger partial charge in [0.05, 0.1) is 21.8 Å². The molecule has 0 heterocycles. The van der Waals surface area contributed by atoms with Gasteiger partial charge in [-0.2, -0.15) is 10.4 Å². The number of halogens is 3. The average Bonchev–Trinajstić information content (AvgIpc) is 2.80. The monoisotopic (exact) mass is 681 g/mol. The Balaban J connectivity index is 1.70. The number of carbonyl (C=O) groups is 2. The van der Waals surface area contributed by atoms with Crippen LogP contribution in [0.5, 0.6) is 11.5 Å². The maximum Gasteiger partial charge on any atom is 0.344 e. The number of nitriles is 1. The third-order valence-electron chi connectivity index (χ3n) is 4.08. The van der Waals surface area contributed by atoms with Crippen LogP contribution in [0.4, 0.5) is 0 Å². The van der Waals surface area contributed by atoms with Gasteiger partial charge in [-0.05, 0) is 74.9 Å². The predicted octanol–water partition coefficient (Wildman–Crippen LogP) is 5.44. The van der Waals surface area contributed by atoms with E-state index in [-0.39, 0.29) is 12.4 Å². The van der Waals surface area contributed by atoms with Crippen molar-refractivity contribution in [1.82, 2.24) is 5.43 Å². The van der Waals surface area contributed by atoms with E-state index < -0.39 is 11.9 Å². The maximum atomic E-state index is 12.7. The zero-order valence-corrected chi connectivity index (χ0v) is 22.0. The molecule has 0 bridgehead atoms. The van der Waals surface area contributed by atoms with E-state index >= 15 is 0 Å². The highest BCUT2D eigenvalue weighted by atomic mass is 127. The molecule has 1 N–H and O–H groups in total. The highest BCUT2D eigenvalue weighted by molar-refractivity contribution is 14.1. The Morgan fingerprint density at radius 3 is 2.61 bits per heavy atom. The SMILES string of the molecule is N#Cc1ccccc1OCC(=O)N/N=C\c1cc(Br)cc(Br)c1OC(=O)c1ccccc1I. The average molecular weight is 683 g/mol. The quantitative estimate of drug-likeness (QED) is 0.118. The smallest absolute Gasteiger partial charge is 0.344 e. The van der Waals surface area contributed by atoms with Crippen LogP contribution in [0.3, 0.4) is 0 Å². The van der Waals surface area contributed by atoms with Crippen LogP contribution in [-0.2, 0) is 4.79 Å². The van der Waals surface area contributed by atoms with Crippen molar-refractivity contribution in [3.63, 3.8) is 0 Å². The summed E-state index contributed by atoms with van der Waals surface area (Å²) in [6.45, 7) is -0.327. The number of nitrogens with one attached hydrogen (secondary N) is 1. The summed E-state index contributed by atoms with van der Waals surface area (Å²) in [4.78, 5) is 24.8. The van der Waals surface area contributed by atoms with Gasteiger partial charge in [-0.1, -0.05) is 40.2 Å². The summed E-state index contributed by atoms with van der Waals surface area (Å²) in [7, 11) is 0. The number of para-hydroxylation sites is 1. The number of amides is 1. The second-order valence-electron chi connectivity index (χ2n) is 6.37. The van der Waals surface area contributed by atoms with E-state index in [4.69, 9.17) is 14.7 Å². The first-order valence-electron chi connectivity index (χ1n) is 9.28. The third kappa shape index (κ3) is 6.86. The lowest BCUT2D eigenvalue weighted by Gasteiger charge is -2.11. The molecule has 33 heavy (non-hydrogen) atoms. The summed E-state index contributed by atoms with van der Waals surface area (Å²) in [6, 6.07) is 19.1. The van der Waals surface area contributed by atoms with Crippen molar-refractivity contribution in [2.24, 2.45) is 5.10 Å². The Morgan fingerprint density at radius 1 is 1.12 bits per heavy atom. The predicted molar refractivity (Wildman–Crippen MR) is 138 cm³/mol. The van der Waals surface area contributed by atoms with Gasteiger partial charge in [0, 0.05) is 13.6 Å². The van der Waals surface area contributed by atoms with Gasteiger partial charge >= 0.3 is 5.97 Å². The van der Waals surface area contributed by atoms with E-state index in [2.05, 4.69) is 65.0 Å². The summed E-state index contributed by atoms with van der Waals surface area (Å²) < 4.78 is 13.0. The molecule has 7 nitrogen and oxygen atoms in total. The standard InChI is InChI=1S/C23H14Br2IN3O4/c24-16-9-15(12-28-29-21(30)13-32-20-8-4-1-5-14(20)11-27)22(18(25)10-16)33-23(31)17-6-2-3-7-19(17)26/h1-10,12H,13H2,(H,29,30)/b28-12-. The van der Waals surface area contributed by atoms with E-state index in [1.54, 1.807) is 48.5 Å². The molecule has 0 saturated heterocycles. The molecule has 0 fully saturated rings. The number of nitrogens with zero attached hydrogens (tertiary/aromatic N) is 2. The number of benzene rings is 3. The van der Waals surface area contributed by atoms with Crippen LogP contribution >= 0.6 is 54.5 Å². The number of esters is 1. The Kier molecular flexibility index (Phi) is 8.99. The fraction of sp³-hybridized carbons (Fsp3) is 0.0435. The van der Waals surface area contributed by atoms with Crippen molar-refractivity contribution in [2.45, 2.75) is 0 Å². The topological polar surface area (TPSA) is 101 Å². The lowest BCUT2D eigenvalue weighted by molar-refractivity contribution is -0.123. The van der Waals surface area contributed by atoms with Crippen molar-refractivity contribution in [2.75, 3.05) is 6.61 Å². The summed E-state index contributed by atoms with van der Waals surface area (Å²) >= 11 is 8.85. The van der Waals surface area contributed by atoms with Crippen molar-refractivity contribution in [1.29, 1.82) is 5.26 Å². The fourth-order valence-corrected chi connectivity index (χ4v) is 4.54. The van der Waals surface area contributed by atoms with E-state index in [1.807, 2.05) is 18.2 Å². The van der Waals surface area contributed by atoms with Gasteiger partial charge in [-0.25, -0.2) is 10.2 Å². The van der Waals surface area contributed by atoms with E-state index in [9.17, 15) is 9.59 Å². The van der Waals surface area contributed by atoms with Gasteiger partial charge in [0.2, 0.25) is 0 Å². The molecular weight excluding hydrogens is 669 g/mol. The molecule has 0 spiro atoms. The lowest BCUT2D eigenvalue weighted by atomic mass is 10.2. The highest BCUT2D eigenvalue weighted by Crippen LogP contribution is 2.33. The number of hydrogen-bond acceptors (Lipinski definition) is 6. The Morgan fingerprint density at radius 2 is 1.85 bits per heavy atom. The molecule has 0 aliphatic rings. The molecule has 0 atom stereocenters. The van der Waals surface area contributed by atoms with Gasteiger partial charge in [0.1, 0.15) is 11.8 Å². The zero-order valence-electron chi connectivity index (χ0n) is 16.7. The molecule has 0 aliphatic heterocycles. The van der Waals surface area contributed by atoms with Crippen LogP contribution in [0.1, 0.15) is 21.5 Å². The molecule has 3 aromatic carbocycles. The van der Waals surface area contributed by atoms with Crippen molar-refractivity contribution >= 4 is 72.5 Å². The number of ether oxygens (including phenoxy) is 2. The summed E-state index contributed by atoms with van der Waals surface area (Å²) in [5.41, 5.74) is 3.56.